The van der Waals surface area contributed by atoms with Gasteiger partial charge in [-0.3, -0.25) is 9.97 Å². The molecule has 10 N–H and O–H groups in total. The number of benzene rings is 2. The first-order valence-corrected chi connectivity index (χ1v) is 7.68. The van der Waals surface area contributed by atoms with Crippen molar-refractivity contribution in [3.63, 3.8) is 0 Å². The predicted molar refractivity (Wildman–Crippen MR) is 109 cm³/mol. The molecule has 0 aliphatic carbocycles. The summed E-state index contributed by atoms with van der Waals surface area (Å²) < 4.78 is 0. The van der Waals surface area contributed by atoms with Crippen molar-refractivity contribution in [1.82, 2.24) is 9.97 Å². The van der Waals surface area contributed by atoms with Gasteiger partial charge in [-0.15, -0.1) is 0 Å². The summed E-state index contributed by atoms with van der Waals surface area (Å²) in [4.78, 5) is 28.8. The van der Waals surface area contributed by atoms with Gasteiger partial charge in [0.15, 0.2) is 0 Å². The average molecular weight is 473 g/mol. The molecule has 0 aliphatic rings. The van der Waals surface area contributed by atoms with Crippen molar-refractivity contribution < 1.29 is 58.8 Å². The Morgan fingerprint density at radius 3 is 1.26 bits per heavy atom. The number of carboxylic acid groups (broad SMARTS) is 2. The van der Waals surface area contributed by atoms with Crippen molar-refractivity contribution in [1.29, 1.82) is 0 Å². The SMILES string of the molecule is O.O.O=C([O-])c1nccc2ccccc12.O=C([O-])c1nccc2ccccc12.[Mn+2].[OH3+].[OH3+]. The van der Waals surface area contributed by atoms with Gasteiger partial charge in [0, 0.05) is 23.2 Å². The van der Waals surface area contributed by atoms with Gasteiger partial charge in [-0.1, -0.05) is 48.5 Å². The number of aromatic carboxylic acids is 2. The van der Waals surface area contributed by atoms with E-state index in [-0.39, 0.29) is 50.4 Å². The predicted octanol–water partition coefficient (Wildman–Crippen LogP) is -2.30. The summed E-state index contributed by atoms with van der Waals surface area (Å²) >= 11 is 0. The zero-order chi connectivity index (χ0) is 18.5. The number of carbonyl (C=O) groups is 2. The van der Waals surface area contributed by atoms with Crippen LogP contribution < -0.4 is 10.2 Å². The minimum atomic E-state index is -1.24. The number of aromatic nitrogens is 2. The van der Waals surface area contributed by atoms with E-state index in [1.807, 2.05) is 24.3 Å². The van der Waals surface area contributed by atoms with Gasteiger partial charge in [-0.2, -0.15) is 0 Å². The van der Waals surface area contributed by atoms with Gasteiger partial charge in [0.05, 0.1) is 23.3 Å². The Hall–Kier alpha value is -3.44. The standard InChI is InChI=1S/2C10H7NO2.Mn.4H2O/c2*12-10(13)9-8-4-2-1-3-7(8)5-6-11-9;;;;;/h2*1-6H,(H,12,13);;4*1H2/q;;+2;;;;. The molecular formula is C20H22MnN2O8+2. The van der Waals surface area contributed by atoms with Crippen LogP contribution in [0.15, 0.2) is 73.1 Å². The molecule has 0 unspecified atom stereocenters. The van der Waals surface area contributed by atoms with Crippen LogP contribution in [-0.2, 0) is 28.0 Å². The van der Waals surface area contributed by atoms with Crippen LogP contribution in [-0.4, -0.2) is 32.9 Å². The summed E-state index contributed by atoms with van der Waals surface area (Å²) in [5.74, 6) is -2.48. The number of carboxylic acids is 2. The van der Waals surface area contributed by atoms with Gasteiger partial charge in [0.25, 0.3) is 0 Å². The smallest absolute Gasteiger partial charge is 0.543 e. The van der Waals surface area contributed by atoms with Gasteiger partial charge in [-0.05, 0) is 22.9 Å². The first kappa shape index (κ1) is 32.2. The molecule has 4 rings (SSSR count). The molecule has 0 aliphatic heterocycles. The van der Waals surface area contributed by atoms with Crippen molar-refractivity contribution in [2.75, 3.05) is 0 Å². The second kappa shape index (κ2) is 14.5. The minimum Gasteiger partial charge on any atom is -0.543 e. The zero-order valence-corrected chi connectivity index (χ0v) is 17.2. The Morgan fingerprint density at radius 1 is 0.613 bits per heavy atom. The normalized spacial score (nSPS) is 8.52. The second-order valence-electron chi connectivity index (χ2n) is 5.34. The summed E-state index contributed by atoms with van der Waals surface area (Å²) in [6.45, 7) is 0. The monoisotopic (exact) mass is 473 g/mol. The molecule has 0 saturated carbocycles. The number of pyridine rings is 2. The molecule has 0 saturated heterocycles. The number of hydrogen-bond donors (Lipinski definition) is 0. The molecule has 1 radical (unpaired) electrons. The third-order valence-corrected chi connectivity index (χ3v) is 3.73. The molecular weight excluding hydrogens is 451 g/mol. The molecule has 0 fully saturated rings. The Kier molecular flexibility index (Phi) is 15.1. The molecule has 0 amide bonds. The number of hydrogen-bond acceptors (Lipinski definition) is 6. The average Bonchev–Trinajstić information content (AvgIpc) is 2.67. The van der Waals surface area contributed by atoms with E-state index in [1.54, 1.807) is 36.4 Å². The first-order chi connectivity index (χ1) is 12.6. The largest absolute Gasteiger partial charge is 2.00 e. The fraction of sp³-hybridized carbons (Fsp3) is 0. The summed E-state index contributed by atoms with van der Waals surface area (Å²) in [5, 5.41) is 24.2. The molecule has 0 atom stereocenters. The summed E-state index contributed by atoms with van der Waals surface area (Å²) in [7, 11) is 0. The van der Waals surface area contributed by atoms with Gasteiger partial charge in [0.1, 0.15) is 0 Å². The molecule has 2 heterocycles. The molecule has 4 aromatic rings. The van der Waals surface area contributed by atoms with Crippen LogP contribution in [0.25, 0.3) is 21.5 Å². The number of nitrogens with zero attached hydrogens (tertiary/aromatic N) is 2. The maximum Gasteiger partial charge on any atom is 2.00 e. The van der Waals surface area contributed by atoms with Crippen LogP contribution in [0.5, 0.6) is 0 Å². The second-order valence-corrected chi connectivity index (χ2v) is 5.34. The molecule has 2 aromatic carbocycles. The maximum atomic E-state index is 10.6. The van der Waals surface area contributed by atoms with E-state index >= 15 is 0 Å². The van der Waals surface area contributed by atoms with E-state index in [9.17, 15) is 19.8 Å². The molecule has 0 bridgehead atoms. The van der Waals surface area contributed by atoms with Crippen molar-refractivity contribution in [2.45, 2.75) is 0 Å². The Balaban J connectivity index is -0.000000436. The quantitative estimate of drug-likeness (QED) is 0.229. The van der Waals surface area contributed by atoms with Gasteiger partial charge in [-0.25, -0.2) is 0 Å². The number of rotatable bonds is 2. The van der Waals surface area contributed by atoms with Crippen LogP contribution in [0.1, 0.15) is 21.0 Å². The van der Waals surface area contributed by atoms with E-state index in [1.165, 1.54) is 12.4 Å². The maximum absolute atomic E-state index is 10.6. The number of fused-ring (bicyclic) bond motifs is 2. The fourth-order valence-corrected chi connectivity index (χ4v) is 2.56. The van der Waals surface area contributed by atoms with Gasteiger partial charge in [0.2, 0.25) is 0 Å². The topological polar surface area (TPSA) is 235 Å². The zero-order valence-electron chi connectivity index (χ0n) is 16.0. The summed E-state index contributed by atoms with van der Waals surface area (Å²) in [6.07, 6.45) is 2.93. The van der Waals surface area contributed by atoms with Crippen LogP contribution in [0.4, 0.5) is 0 Å². The minimum absolute atomic E-state index is 0. The Morgan fingerprint density at radius 2 is 0.935 bits per heavy atom. The summed E-state index contributed by atoms with van der Waals surface area (Å²) in [6, 6.07) is 17.9. The number of carbonyl (C=O) groups excluding carboxylic acids is 2. The van der Waals surface area contributed by atoms with Crippen molar-refractivity contribution in [3.05, 3.63) is 84.4 Å². The van der Waals surface area contributed by atoms with Crippen LogP contribution in [0.2, 0.25) is 0 Å². The molecule has 10 nitrogen and oxygen atoms in total. The molecule has 31 heavy (non-hydrogen) atoms. The van der Waals surface area contributed by atoms with Gasteiger partial charge < -0.3 is 41.7 Å². The van der Waals surface area contributed by atoms with Crippen LogP contribution >= 0.6 is 0 Å². The van der Waals surface area contributed by atoms with E-state index in [0.717, 1.165) is 10.8 Å². The molecule has 11 heteroatoms. The van der Waals surface area contributed by atoms with E-state index in [2.05, 4.69) is 9.97 Å². The molecule has 165 valence electrons. The van der Waals surface area contributed by atoms with Crippen molar-refractivity contribution in [2.24, 2.45) is 0 Å². The fourth-order valence-electron chi connectivity index (χ4n) is 2.56. The molecule has 0 spiro atoms. The molecule has 2 aromatic heterocycles. The van der Waals surface area contributed by atoms with Crippen LogP contribution in [0.3, 0.4) is 0 Å². The van der Waals surface area contributed by atoms with Crippen molar-refractivity contribution >= 4 is 33.5 Å². The van der Waals surface area contributed by atoms with Gasteiger partial charge >= 0.3 is 17.1 Å². The third-order valence-electron chi connectivity index (χ3n) is 3.73. The van der Waals surface area contributed by atoms with E-state index in [4.69, 9.17) is 0 Å². The Bertz CT molecular complexity index is 1020. The third kappa shape index (κ3) is 7.39. The van der Waals surface area contributed by atoms with Crippen LogP contribution in [0, 0.1) is 0 Å². The first-order valence-electron chi connectivity index (χ1n) is 7.68. The summed E-state index contributed by atoms with van der Waals surface area (Å²) in [5.41, 5.74) is -0.00352. The van der Waals surface area contributed by atoms with E-state index in [0.29, 0.717) is 10.8 Å². The van der Waals surface area contributed by atoms with E-state index < -0.39 is 11.9 Å². The Labute approximate surface area is 186 Å². The van der Waals surface area contributed by atoms with Crippen molar-refractivity contribution in [3.8, 4) is 0 Å².